The number of nitrogens with one attached hydrogen (secondary N) is 2. The Hall–Kier alpha value is -1.65. The van der Waals surface area contributed by atoms with Crippen LogP contribution in [0.2, 0.25) is 0 Å². The summed E-state index contributed by atoms with van der Waals surface area (Å²) in [4.78, 5) is 13.8. The van der Waals surface area contributed by atoms with E-state index in [9.17, 15) is 26.4 Å². The van der Waals surface area contributed by atoms with Crippen LogP contribution in [0.3, 0.4) is 0 Å². The molecule has 0 radical (unpaired) electrons. The minimum absolute atomic E-state index is 0.0157. The number of amides is 1. The van der Waals surface area contributed by atoms with Crippen molar-refractivity contribution in [1.29, 1.82) is 0 Å². The molecule has 1 aromatic carbocycles. The topological polar surface area (TPSA) is 78.5 Å². The van der Waals surface area contributed by atoms with E-state index in [0.717, 1.165) is 24.8 Å². The van der Waals surface area contributed by atoms with E-state index in [0.29, 0.717) is 19.5 Å². The van der Waals surface area contributed by atoms with Gasteiger partial charge in [0.25, 0.3) is 0 Å². The van der Waals surface area contributed by atoms with Crippen LogP contribution in [-0.4, -0.2) is 51.2 Å². The lowest BCUT2D eigenvalue weighted by atomic mass is 10.1. The number of sulfonamides is 1. The summed E-state index contributed by atoms with van der Waals surface area (Å²) in [6, 6.07) is 4.15. The number of rotatable bonds is 5. The fraction of sp³-hybridized carbons (Fsp3) is 0.533. The van der Waals surface area contributed by atoms with Crippen LogP contribution in [0.15, 0.2) is 24.3 Å². The summed E-state index contributed by atoms with van der Waals surface area (Å²) in [5, 5.41) is 2.45. The molecular weight excluding hydrogens is 359 g/mol. The molecule has 140 valence electrons. The molecule has 1 amide bonds. The van der Waals surface area contributed by atoms with Crippen molar-refractivity contribution < 1.29 is 26.4 Å². The van der Waals surface area contributed by atoms with Crippen molar-refractivity contribution in [3.8, 4) is 0 Å². The molecule has 1 aliphatic rings. The highest BCUT2D eigenvalue weighted by Crippen LogP contribution is 2.30. The zero-order valence-corrected chi connectivity index (χ0v) is 14.5. The third-order valence-electron chi connectivity index (χ3n) is 3.73. The molecule has 1 atom stereocenters. The molecular formula is C15H20F3N3O3S. The van der Waals surface area contributed by atoms with Crippen molar-refractivity contribution in [2.45, 2.75) is 25.1 Å². The number of alkyl halides is 3. The maximum absolute atomic E-state index is 12.7. The van der Waals surface area contributed by atoms with Crippen molar-refractivity contribution in [3.05, 3.63) is 29.8 Å². The SMILES string of the molecule is CS(=O)(=O)NC1CCCN(CC(=O)Nc2cccc(C(F)(F)F)c2)C1. The Labute approximate surface area is 144 Å². The zero-order valence-electron chi connectivity index (χ0n) is 13.6. The highest BCUT2D eigenvalue weighted by molar-refractivity contribution is 7.88. The molecule has 2 rings (SSSR count). The van der Waals surface area contributed by atoms with Crippen LogP contribution in [0.4, 0.5) is 18.9 Å². The highest BCUT2D eigenvalue weighted by Gasteiger charge is 2.30. The van der Waals surface area contributed by atoms with E-state index in [1.54, 1.807) is 4.90 Å². The van der Waals surface area contributed by atoms with Gasteiger partial charge in [0.2, 0.25) is 15.9 Å². The molecule has 0 aliphatic carbocycles. The van der Waals surface area contributed by atoms with Crippen LogP contribution in [0.25, 0.3) is 0 Å². The third kappa shape index (κ3) is 6.63. The Morgan fingerprint density at radius 2 is 2.08 bits per heavy atom. The lowest BCUT2D eigenvalue weighted by molar-refractivity contribution is -0.137. The maximum atomic E-state index is 12.7. The van der Waals surface area contributed by atoms with Crippen molar-refractivity contribution in [3.63, 3.8) is 0 Å². The number of carbonyl (C=O) groups is 1. The van der Waals surface area contributed by atoms with Gasteiger partial charge in [0.1, 0.15) is 0 Å². The second-order valence-corrected chi connectivity index (χ2v) is 7.87. The van der Waals surface area contributed by atoms with Gasteiger partial charge in [-0.05, 0) is 37.6 Å². The number of nitrogens with zero attached hydrogens (tertiary/aromatic N) is 1. The molecule has 0 aromatic heterocycles. The van der Waals surface area contributed by atoms with Crippen LogP contribution < -0.4 is 10.0 Å². The van der Waals surface area contributed by atoms with Crippen LogP contribution in [0.1, 0.15) is 18.4 Å². The summed E-state index contributed by atoms with van der Waals surface area (Å²) in [6.07, 6.45) is -1.99. The van der Waals surface area contributed by atoms with Crippen LogP contribution >= 0.6 is 0 Å². The number of benzene rings is 1. The Kier molecular flexibility index (Phi) is 6.07. The number of likely N-dealkylation sites (tertiary alicyclic amines) is 1. The molecule has 0 bridgehead atoms. The molecule has 2 N–H and O–H groups in total. The molecule has 25 heavy (non-hydrogen) atoms. The van der Waals surface area contributed by atoms with E-state index in [4.69, 9.17) is 0 Å². The van der Waals surface area contributed by atoms with Gasteiger partial charge in [-0.15, -0.1) is 0 Å². The van der Waals surface area contributed by atoms with Crippen molar-refractivity contribution >= 4 is 21.6 Å². The summed E-state index contributed by atoms with van der Waals surface area (Å²) < 4.78 is 63.1. The van der Waals surface area contributed by atoms with Gasteiger partial charge in [0.15, 0.2) is 0 Å². The van der Waals surface area contributed by atoms with Gasteiger partial charge in [-0.2, -0.15) is 13.2 Å². The highest BCUT2D eigenvalue weighted by atomic mass is 32.2. The molecule has 1 saturated heterocycles. The van der Waals surface area contributed by atoms with E-state index in [1.807, 2.05) is 0 Å². The minimum Gasteiger partial charge on any atom is -0.325 e. The zero-order chi connectivity index (χ0) is 18.7. The molecule has 10 heteroatoms. The summed E-state index contributed by atoms with van der Waals surface area (Å²) in [5.41, 5.74) is -0.761. The van der Waals surface area contributed by atoms with E-state index in [-0.39, 0.29) is 18.3 Å². The molecule has 1 heterocycles. The lowest BCUT2D eigenvalue weighted by Crippen LogP contribution is -2.49. The van der Waals surface area contributed by atoms with Gasteiger partial charge < -0.3 is 5.32 Å². The number of hydrogen-bond donors (Lipinski definition) is 2. The molecule has 0 spiro atoms. The second kappa shape index (κ2) is 7.71. The monoisotopic (exact) mass is 379 g/mol. The predicted molar refractivity (Wildman–Crippen MR) is 87.5 cm³/mol. The van der Waals surface area contributed by atoms with E-state index in [1.165, 1.54) is 12.1 Å². The van der Waals surface area contributed by atoms with Crippen LogP contribution in [-0.2, 0) is 21.0 Å². The largest absolute Gasteiger partial charge is 0.416 e. The second-order valence-electron chi connectivity index (χ2n) is 6.09. The smallest absolute Gasteiger partial charge is 0.325 e. The molecule has 6 nitrogen and oxygen atoms in total. The first-order valence-corrected chi connectivity index (χ1v) is 9.59. The van der Waals surface area contributed by atoms with Crippen molar-refractivity contribution in [2.75, 3.05) is 31.2 Å². The summed E-state index contributed by atoms with van der Waals surface area (Å²) in [7, 11) is -3.33. The van der Waals surface area contributed by atoms with Gasteiger partial charge in [-0.25, -0.2) is 13.1 Å². The minimum atomic E-state index is -4.47. The Morgan fingerprint density at radius 1 is 1.36 bits per heavy atom. The molecule has 1 aliphatic heterocycles. The van der Waals surface area contributed by atoms with Crippen LogP contribution in [0.5, 0.6) is 0 Å². The molecule has 1 fully saturated rings. The normalized spacial score (nSPS) is 19.6. The fourth-order valence-electron chi connectivity index (χ4n) is 2.77. The first-order valence-electron chi connectivity index (χ1n) is 7.70. The van der Waals surface area contributed by atoms with E-state index in [2.05, 4.69) is 10.0 Å². The van der Waals surface area contributed by atoms with Gasteiger partial charge in [-0.3, -0.25) is 9.69 Å². The lowest BCUT2D eigenvalue weighted by Gasteiger charge is -2.32. The van der Waals surface area contributed by atoms with Crippen LogP contribution in [0, 0.1) is 0 Å². The van der Waals surface area contributed by atoms with Gasteiger partial charge in [0.05, 0.1) is 18.4 Å². The summed E-state index contributed by atoms with van der Waals surface area (Å²) in [5.74, 6) is -0.445. The van der Waals surface area contributed by atoms with E-state index >= 15 is 0 Å². The van der Waals surface area contributed by atoms with E-state index < -0.39 is 27.7 Å². The maximum Gasteiger partial charge on any atom is 0.416 e. The molecule has 1 aromatic rings. The van der Waals surface area contributed by atoms with Gasteiger partial charge in [-0.1, -0.05) is 6.07 Å². The first-order chi connectivity index (χ1) is 11.5. The summed E-state index contributed by atoms with van der Waals surface area (Å²) >= 11 is 0. The first kappa shape index (κ1) is 19.7. The van der Waals surface area contributed by atoms with Crippen molar-refractivity contribution in [2.24, 2.45) is 0 Å². The molecule has 0 saturated carbocycles. The average molecular weight is 379 g/mol. The fourth-order valence-corrected chi connectivity index (χ4v) is 3.57. The Balaban J connectivity index is 1.92. The number of anilines is 1. The number of carbonyl (C=O) groups excluding carboxylic acids is 1. The summed E-state index contributed by atoms with van der Waals surface area (Å²) in [6.45, 7) is 0.985. The third-order valence-corrected chi connectivity index (χ3v) is 4.49. The number of hydrogen-bond acceptors (Lipinski definition) is 4. The number of piperidine rings is 1. The standard InChI is InChI=1S/C15H20F3N3O3S/c1-25(23,24)20-13-6-3-7-21(9-13)10-14(22)19-12-5-2-4-11(8-12)15(16,17)18/h2,4-5,8,13,20H,3,6-7,9-10H2,1H3,(H,19,22). The predicted octanol–water partition coefficient (Wildman–Crippen LogP) is 1.66. The van der Waals surface area contributed by atoms with Gasteiger partial charge in [0, 0.05) is 18.3 Å². The quantitative estimate of drug-likeness (QED) is 0.816. The Bertz CT molecular complexity index is 722. The molecule has 1 unspecified atom stereocenters. The van der Waals surface area contributed by atoms with Gasteiger partial charge >= 0.3 is 6.18 Å². The average Bonchev–Trinajstić information content (AvgIpc) is 2.45. The number of halogens is 3. The van der Waals surface area contributed by atoms with Crippen molar-refractivity contribution in [1.82, 2.24) is 9.62 Å². The Morgan fingerprint density at radius 3 is 2.72 bits per heavy atom.